The highest BCUT2D eigenvalue weighted by atomic mass is 28.5. The van der Waals surface area contributed by atoms with Crippen molar-refractivity contribution in [3.8, 4) is 5.75 Å². The zero-order chi connectivity index (χ0) is 24.8. The summed E-state index contributed by atoms with van der Waals surface area (Å²) in [6, 6.07) is 8.50. The average molecular weight is 499 g/mol. The molecule has 0 fully saturated rings. The molecule has 0 radical (unpaired) electrons. The van der Waals surface area contributed by atoms with Crippen LogP contribution in [0.3, 0.4) is 0 Å². The summed E-state index contributed by atoms with van der Waals surface area (Å²) in [6.07, 6.45) is 0.662. The second-order valence-corrected chi connectivity index (χ2v) is 24.3. The molecule has 5 nitrogen and oxygen atoms in total. The molecule has 0 aliphatic rings. The summed E-state index contributed by atoms with van der Waals surface area (Å²) in [6.45, 7) is 24.7. The first-order chi connectivity index (χ1) is 14.4. The van der Waals surface area contributed by atoms with E-state index in [4.69, 9.17) is 17.7 Å². The van der Waals surface area contributed by atoms with Crippen LogP contribution in [0, 0.1) is 0 Å². The lowest BCUT2D eigenvalue weighted by atomic mass is 10.0. The monoisotopic (exact) mass is 498 g/mol. The highest BCUT2D eigenvalue weighted by Crippen LogP contribution is 2.39. The van der Waals surface area contributed by atoms with E-state index in [1.807, 2.05) is 12.1 Å². The van der Waals surface area contributed by atoms with Crippen LogP contribution in [-0.4, -0.2) is 44.4 Å². The van der Waals surface area contributed by atoms with E-state index in [0.717, 1.165) is 5.75 Å². The van der Waals surface area contributed by atoms with Crippen LogP contribution in [0.4, 0.5) is 0 Å². The maximum absolute atomic E-state index is 12.4. The Hall–Kier alpha value is -0.939. The lowest BCUT2D eigenvalue weighted by Gasteiger charge is -2.44. The lowest BCUT2D eigenvalue weighted by molar-refractivity contribution is -0.141. The van der Waals surface area contributed by atoms with E-state index in [1.54, 1.807) is 0 Å². The molecule has 0 saturated carbocycles. The Bertz CT molecular complexity index is 722. The van der Waals surface area contributed by atoms with Gasteiger partial charge in [-0.1, -0.05) is 46.8 Å². The fourth-order valence-electron chi connectivity index (χ4n) is 3.27. The standard InChI is InChI=1S/C24H46O5Si3/c1-20(2)21-13-15-22(16-14-21)26-17-12-18-27-23(25)19-30(6,7)28-32(10,11)29-31(8,9)24(3,4)5/h13-16,20H,12,17-19H2,1-11H3. The summed E-state index contributed by atoms with van der Waals surface area (Å²) in [5, 5.41) is 0.129. The Morgan fingerprint density at radius 2 is 1.47 bits per heavy atom. The van der Waals surface area contributed by atoms with Crippen molar-refractivity contribution in [2.24, 2.45) is 0 Å². The molecule has 184 valence electrons. The normalized spacial score (nSPS) is 13.4. The summed E-state index contributed by atoms with van der Waals surface area (Å²) in [5.41, 5.74) is 1.29. The quantitative estimate of drug-likeness (QED) is 0.175. The average Bonchev–Trinajstić information content (AvgIpc) is 2.58. The van der Waals surface area contributed by atoms with Gasteiger partial charge >= 0.3 is 14.5 Å². The number of ether oxygens (including phenoxy) is 2. The van der Waals surface area contributed by atoms with Crippen molar-refractivity contribution in [1.29, 1.82) is 0 Å². The van der Waals surface area contributed by atoms with Gasteiger partial charge in [0.1, 0.15) is 5.75 Å². The largest absolute Gasteiger partial charge is 0.493 e. The summed E-state index contributed by atoms with van der Waals surface area (Å²) < 4.78 is 24.3. The lowest BCUT2D eigenvalue weighted by Crippen LogP contribution is -2.55. The zero-order valence-corrected chi connectivity index (χ0v) is 25.3. The number of rotatable bonds is 12. The molecule has 1 aromatic carbocycles. The predicted molar refractivity (Wildman–Crippen MR) is 141 cm³/mol. The maximum Gasteiger partial charge on any atom is 0.311 e. The highest BCUT2D eigenvalue weighted by Gasteiger charge is 2.45. The molecule has 0 aliphatic carbocycles. The Balaban J connectivity index is 2.40. The van der Waals surface area contributed by atoms with Crippen molar-refractivity contribution in [2.75, 3.05) is 13.2 Å². The SMILES string of the molecule is CC(C)c1ccc(OCCCOC(=O)C[Si](C)(C)O[Si](C)(C)O[Si](C)(C)C(C)(C)C)cc1. The molecule has 0 unspecified atom stereocenters. The number of carbonyl (C=O) groups is 1. The van der Waals surface area contributed by atoms with Gasteiger partial charge in [0.25, 0.3) is 0 Å². The smallest absolute Gasteiger partial charge is 0.311 e. The number of carbonyl (C=O) groups excluding carboxylic acids is 1. The number of hydrogen-bond donors (Lipinski definition) is 0. The summed E-state index contributed by atoms with van der Waals surface area (Å²) in [5.74, 6) is 1.16. The van der Waals surface area contributed by atoms with Gasteiger partial charge in [-0.05, 0) is 67.9 Å². The van der Waals surface area contributed by atoms with Crippen LogP contribution >= 0.6 is 0 Å². The summed E-state index contributed by atoms with van der Waals surface area (Å²) in [4.78, 5) is 12.4. The van der Waals surface area contributed by atoms with Gasteiger partial charge in [-0.15, -0.1) is 0 Å². The van der Waals surface area contributed by atoms with E-state index < -0.39 is 25.2 Å². The Morgan fingerprint density at radius 3 is 1.97 bits per heavy atom. The molecule has 0 aromatic heterocycles. The van der Waals surface area contributed by atoms with Gasteiger partial charge in [0.15, 0.2) is 16.6 Å². The molecule has 0 atom stereocenters. The van der Waals surface area contributed by atoms with Crippen molar-refractivity contribution in [3.05, 3.63) is 29.8 Å². The van der Waals surface area contributed by atoms with Crippen molar-refractivity contribution in [2.45, 2.75) is 97.3 Å². The van der Waals surface area contributed by atoms with Gasteiger partial charge in [0.2, 0.25) is 0 Å². The maximum atomic E-state index is 12.4. The molecule has 0 spiro atoms. The van der Waals surface area contributed by atoms with Crippen LogP contribution in [0.1, 0.15) is 52.5 Å². The van der Waals surface area contributed by atoms with E-state index in [0.29, 0.717) is 31.6 Å². The van der Waals surface area contributed by atoms with Crippen molar-refractivity contribution >= 4 is 31.2 Å². The molecule has 0 heterocycles. The Morgan fingerprint density at radius 1 is 0.906 bits per heavy atom. The van der Waals surface area contributed by atoms with E-state index in [2.05, 4.69) is 86.0 Å². The third kappa shape index (κ3) is 10.3. The second kappa shape index (κ2) is 11.5. The third-order valence-electron chi connectivity index (χ3n) is 5.77. The molecule has 1 rings (SSSR count). The van der Waals surface area contributed by atoms with Gasteiger partial charge in [-0.3, -0.25) is 4.79 Å². The van der Waals surface area contributed by atoms with E-state index in [1.165, 1.54) is 5.56 Å². The molecule has 0 bridgehead atoms. The molecule has 0 N–H and O–H groups in total. The Kier molecular flexibility index (Phi) is 10.4. The highest BCUT2D eigenvalue weighted by molar-refractivity contribution is 6.89. The second-order valence-electron chi connectivity index (χ2n) is 11.4. The van der Waals surface area contributed by atoms with Gasteiger partial charge in [-0.25, -0.2) is 0 Å². The van der Waals surface area contributed by atoms with Gasteiger partial charge in [0, 0.05) is 6.42 Å². The number of benzene rings is 1. The predicted octanol–water partition coefficient (Wildman–Crippen LogP) is 7.07. The van der Waals surface area contributed by atoms with Crippen LogP contribution in [0.15, 0.2) is 24.3 Å². The number of esters is 1. The molecule has 0 saturated heterocycles. The summed E-state index contributed by atoms with van der Waals surface area (Å²) >= 11 is 0. The molecule has 1 aromatic rings. The van der Waals surface area contributed by atoms with Gasteiger partial charge < -0.3 is 17.7 Å². The van der Waals surface area contributed by atoms with Crippen LogP contribution in [0.25, 0.3) is 0 Å². The Labute approximate surface area is 199 Å². The van der Waals surface area contributed by atoms with Crippen molar-refractivity contribution < 1.29 is 22.5 Å². The fraction of sp³-hybridized carbons (Fsp3) is 0.708. The van der Waals surface area contributed by atoms with Crippen molar-refractivity contribution in [3.63, 3.8) is 0 Å². The van der Waals surface area contributed by atoms with Gasteiger partial charge in [-0.2, -0.15) is 0 Å². The van der Waals surface area contributed by atoms with Crippen LogP contribution in [-0.2, 0) is 17.8 Å². The van der Waals surface area contributed by atoms with Crippen LogP contribution in [0.5, 0.6) is 5.75 Å². The van der Waals surface area contributed by atoms with E-state index in [-0.39, 0.29) is 11.0 Å². The molecule has 0 aliphatic heterocycles. The minimum Gasteiger partial charge on any atom is -0.493 e. The molecular formula is C24H46O5Si3. The van der Waals surface area contributed by atoms with Crippen LogP contribution < -0.4 is 4.74 Å². The molecule has 32 heavy (non-hydrogen) atoms. The minimum absolute atomic E-state index is 0.129. The molecule has 0 amide bonds. The topological polar surface area (TPSA) is 54.0 Å². The van der Waals surface area contributed by atoms with E-state index >= 15 is 0 Å². The van der Waals surface area contributed by atoms with Crippen molar-refractivity contribution in [1.82, 2.24) is 0 Å². The first-order valence-corrected chi connectivity index (χ1v) is 20.6. The first kappa shape index (κ1) is 29.1. The van der Waals surface area contributed by atoms with Crippen LogP contribution in [0.2, 0.25) is 50.4 Å². The molecule has 8 heteroatoms. The third-order valence-corrected chi connectivity index (χ3v) is 18.7. The van der Waals surface area contributed by atoms with E-state index in [9.17, 15) is 4.79 Å². The minimum atomic E-state index is -2.35. The molecular weight excluding hydrogens is 453 g/mol. The zero-order valence-electron chi connectivity index (χ0n) is 22.3. The number of hydrogen-bond acceptors (Lipinski definition) is 5. The first-order valence-electron chi connectivity index (χ1n) is 11.7. The van der Waals surface area contributed by atoms with Gasteiger partial charge in [0.05, 0.1) is 19.3 Å². The summed E-state index contributed by atoms with van der Waals surface area (Å²) in [7, 11) is -6.51. The fourth-order valence-corrected chi connectivity index (χ4v) is 16.4.